The first-order chi connectivity index (χ1) is 13.7. The van der Waals surface area contributed by atoms with Crippen molar-refractivity contribution >= 4 is 38.5 Å². The molecule has 0 fully saturated rings. The maximum Gasteiger partial charge on any atom is 0.279 e. The van der Waals surface area contributed by atoms with Crippen molar-refractivity contribution in [1.82, 2.24) is 14.5 Å². The summed E-state index contributed by atoms with van der Waals surface area (Å²) in [6.45, 7) is 0.483. The van der Waals surface area contributed by atoms with E-state index in [1.54, 1.807) is 30.6 Å². The van der Waals surface area contributed by atoms with E-state index in [2.05, 4.69) is 20.9 Å². The predicted molar refractivity (Wildman–Crippen MR) is 104 cm³/mol. The Morgan fingerprint density at radius 3 is 2.79 bits per heavy atom. The van der Waals surface area contributed by atoms with Crippen LogP contribution in [0.4, 0.5) is 0 Å². The number of fused-ring (bicyclic) bond motifs is 3. The molecule has 0 atom stereocenters. The lowest BCUT2D eigenvalue weighted by Crippen LogP contribution is -2.16. The van der Waals surface area contributed by atoms with Gasteiger partial charge in [-0.15, -0.1) is 6.42 Å². The highest BCUT2D eigenvalue weighted by molar-refractivity contribution is 7.16. The van der Waals surface area contributed by atoms with Gasteiger partial charge in [0.05, 0.1) is 27.8 Å². The van der Waals surface area contributed by atoms with E-state index in [1.807, 2.05) is 16.7 Å². The molecule has 0 N–H and O–H groups in total. The number of hydrogen-bond acceptors (Lipinski definition) is 6. The van der Waals surface area contributed by atoms with Gasteiger partial charge in [0, 0.05) is 30.1 Å². The Morgan fingerprint density at radius 2 is 1.96 bits per heavy atom. The van der Waals surface area contributed by atoms with Gasteiger partial charge in [0.25, 0.3) is 5.91 Å². The van der Waals surface area contributed by atoms with Gasteiger partial charge in [-0.2, -0.15) is 4.99 Å². The van der Waals surface area contributed by atoms with Crippen LogP contribution in [0.1, 0.15) is 10.4 Å². The molecule has 1 aliphatic rings. The van der Waals surface area contributed by atoms with E-state index in [0.717, 1.165) is 15.7 Å². The van der Waals surface area contributed by atoms with Gasteiger partial charge in [-0.25, -0.2) is 0 Å². The van der Waals surface area contributed by atoms with E-state index < -0.39 is 0 Å². The zero-order valence-electron chi connectivity index (χ0n) is 14.5. The fourth-order valence-electron chi connectivity index (χ4n) is 3.04. The van der Waals surface area contributed by atoms with Crippen LogP contribution >= 0.6 is 11.3 Å². The SMILES string of the molecule is C#CCn1c(=NC(=O)c2ccc3nccnc3c2)sc2cc3c(cc21)OCO3. The van der Waals surface area contributed by atoms with E-state index in [0.29, 0.717) is 27.4 Å². The molecule has 4 aromatic rings. The van der Waals surface area contributed by atoms with Crippen molar-refractivity contribution in [2.24, 2.45) is 4.99 Å². The topological polar surface area (TPSA) is 78.6 Å². The van der Waals surface area contributed by atoms with Crippen molar-refractivity contribution in [2.45, 2.75) is 6.54 Å². The van der Waals surface area contributed by atoms with Gasteiger partial charge >= 0.3 is 0 Å². The highest BCUT2D eigenvalue weighted by Gasteiger charge is 2.18. The smallest absolute Gasteiger partial charge is 0.279 e. The standard InChI is InChI=1S/C20H12N4O3S/c1-2-7-24-15-9-16-17(27-11-26-16)10-18(15)28-20(24)23-19(25)12-3-4-13-14(8-12)22-6-5-21-13/h1,3-6,8-10H,7,11H2. The highest BCUT2D eigenvalue weighted by Crippen LogP contribution is 2.36. The Morgan fingerprint density at radius 1 is 1.18 bits per heavy atom. The van der Waals surface area contributed by atoms with Crippen LogP contribution in [-0.4, -0.2) is 27.2 Å². The third-order valence-corrected chi connectivity index (χ3v) is 5.38. The first kappa shape index (κ1) is 16.5. The fourth-order valence-corrected chi connectivity index (χ4v) is 4.07. The van der Waals surface area contributed by atoms with Crippen molar-refractivity contribution in [2.75, 3.05) is 6.79 Å². The van der Waals surface area contributed by atoms with E-state index in [1.165, 1.54) is 11.3 Å². The Balaban J connectivity index is 1.64. The first-order valence-corrected chi connectivity index (χ1v) is 9.21. The second-order valence-electron chi connectivity index (χ2n) is 6.02. The van der Waals surface area contributed by atoms with Crippen LogP contribution in [-0.2, 0) is 6.54 Å². The minimum Gasteiger partial charge on any atom is -0.454 e. The Labute approximate surface area is 162 Å². The molecule has 0 unspecified atom stereocenters. The Kier molecular flexibility index (Phi) is 3.81. The molecular weight excluding hydrogens is 376 g/mol. The van der Waals surface area contributed by atoms with Gasteiger partial charge in [0.15, 0.2) is 16.3 Å². The Hall–Kier alpha value is -3.70. The minimum atomic E-state index is -0.370. The molecule has 5 rings (SSSR count). The zero-order valence-corrected chi connectivity index (χ0v) is 15.3. The van der Waals surface area contributed by atoms with Gasteiger partial charge in [0.1, 0.15) is 0 Å². The second kappa shape index (κ2) is 6.48. The fraction of sp³-hybridized carbons (Fsp3) is 0.100. The summed E-state index contributed by atoms with van der Waals surface area (Å²) < 4.78 is 13.6. The third kappa shape index (κ3) is 2.69. The number of terminal acetylenes is 1. The lowest BCUT2D eigenvalue weighted by atomic mass is 10.2. The lowest BCUT2D eigenvalue weighted by molar-refractivity contribution is 0.0998. The van der Waals surface area contributed by atoms with Crippen molar-refractivity contribution in [3.8, 4) is 23.8 Å². The normalized spacial score (nSPS) is 13.2. The molecule has 0 bridgehead atoms. The number of carbonyl (C=O) groups is 1. The molecular formula is C20H12N4O3S. The van der Waals surface area contributed by atoms with Crippen LogP contribution in [0, 0.1) is 12.3 Å². The van der Waals surface area contributed by atoms with Gasteiger partial charge < -0.3 is 14.0 Å². The van der Waals surface area contributed by atoms with E-state index in [-0.39, 0.29) is 19.2 Å². The van der Waals surface area contributed by atoms with Crippen molar-refractivity contribution in [3.63, 3.8) is 0 Å². The predicted octanol–water partition coefficient (Wildman–Crippen LogP) is 2.75. The summed E-state index contributed by atoms with van der Waals surface area (Å²) in [5, 5.41) is 0. The van der Waals surface area contributed by atoms with Crippen LogP contribution in [0.2, 0.25) is 0 Å². The first-order valence-electron chi connectivity index (χ1n) is 8.39. The summed E-state index contributed by atoms with van der Waals surface area (Å²) in [5.41, 5.74) is 2.65. The number of rotatable bonds is 2. The summed E-state index contributed by atoms with van der Waals surface area (Å²) in [4.78, 5) is 26.0. The van der Waals surface area contributed by atoms with Crippen molar-refractivity contribution in [3.05, 3.63) is 53.1 Å². The van der Waals surface area contributed by atoms with Gasteiger partial charge in [0.2, 0.25) is 6.79 Å². The number of aromatic nitrogens is 3. The monoisotopic (exact) mass is 388 g/mol. The largest absolute Gasteiger partial charge is 0.454 e. The molecule has 8 heteroatoms. The van der Waals surface area contributed by atoms with Crippen LogP contribution in [0.5, 0.6) is 11.5 Å². The van der Waals surface area contributed by atoms with Crippen LogP contribution < -0.4 is 14.3 Å². The molecule has 1 amide bonds. The summed E-state index contributed by atoms with van der Waals surface area (Å²) in [6, 6.07) is 8.87. The average molecular weight is 388 g/mol. The number of ether oxygens (including phenoxy) is 2. The second-order valence-corrected chi connectivity index (χ2v) is 7.03. The zero-order chi connectivity index (χ0) is 19.1. The molecule has 0 aliphatic carbocycles. The molecule has 0 radical (unpaired) electrons. The number of benzene rings is 2. The molecule has 2 aromatic heterocycles. The molecule has 1 aliphatic heterocycles. The third-order valence-electron chi connectivity index (χ3n) is 4.34. The number of hydrogen-bond donors (Lipinski definition) is 0. The number of thiazole rings is 1. The van der Waals surface area contributed by atoms with Crippen LogP contribution in [0.3, 0.4) is 0 Å². The van der Waals surface area contributed by atoms with Crippen molar-refractivity contribution in [1.29, 1.82) is 0 Å². The summed E-state index contributed by atoms with van der Waals surface area (Å²) >= 11 is 1.37. The summed E-state index contributed by atoms with van der Waals surface area (Å²) in [7, 11) is 0. The maximum atomic E-state index is 12.8. The van der Waals surface area contributed by atoms with Crippen LogP contribution in [0.25, 0.3) is 21.3 Å². The van der Waals surface area contributed by atoms with Crippen molar-refractivity contribution < 1.29 is 14.3 Å². The molecule has 0 saturated carbocycles. The highest BCUT2D eigenvalue weighted by atomic mass is 32.1. The lowest BCUT2D eigenvalue weighted by Gasteiger charge is -2.01. The summed E-state index contributed by atoms with van der Waals surface area (Å²) in [5.74, 6) is 3.57. The van der Waals surface area contributed by atoms with Crippen LogP contribution in [0.15, 0.2) is 47.7 Å². The number of amides is 1. The average Bonchev–Trinajstić information content (AvgIpc) is 3.30. The van der Waals surface area contributed by atoms with Gasteiger partial charge in [-0.05, 0) is 18.2 Å². The molecule has 3 heterocycles. The number of nitrogens with zero attached hydrogens (tertiary/aromatic N) is 4. The van der Waals surface area contributed by atoms with Gasteiger partial charge in [-0.1, -0.05) is 17.3 Å². The number of carbonyl (C=O) groups excluding carboxylic acids is 1. The minimum absolute atomic E-state index is 0.197. The van der Waals surface area contributed by atoms with Gasteiger partial charge in [-0.3, -0.25) is 14.8 Å². The quantitative estimate of drug-likeness (QED) is 0.494. The summed E-state index contributed by atoms with van der Waals surface area (Å²) in [6.07, 6.45) is 8.73. The molecule has 0 saturated heterocycles. The molecule has 2 aromatic carbocycles. The molecule has 7 nitrogen and oxygen atoms in total. The van der Waals surface area contributed by atoms with E-state index in [9.17, 15) is 4.79 Å². The van der Waals surface area contributed by atoms with E-state index >= 15 is 0 Å². The maximum absolute atomic E-state index is 12.8. The van der Waals surface area contributed by atoms with E-state index in [4.69, 9.17) is 15.9 Å². The Bertz CT molecular complexity index is 1360. The molecule has 28 heavy (non-hydrogen) atoms. The molecule has 0 spiro atoms. The molecule has 136 valence electrons.